The lowest BCUT2D eigenvalue weighted by molar-refractivity contribution is 0.102. The first kappa shape index (κ1) is 20.8. The highest BCUT2D eigenvalue weighted by molar-refractivity contribution is 6.33. The number of aromatic nitrogens is 5. The average Bonchev–Trinajstić information content (AvgIpc) is 3.39. The van der Waals surface area contributed by atoms with Gasteiger partial charge in [0.15, 0.2) is 5.82 Å². The zero-order valence-electron chi connectivity index (χ0n) is 17.5. The molecule has 3 aromatic heterocycles. The van der Waals surface area contributed by atoms with Crippen molar-refractivity contribution in [2.24, 2.45) is 7.05 Å². The lowest BCUT2D eigenvalue weighted by Crippen LogP contribution is -2.14. The fraction of sp³-hybridized carbons (Fsp3) is 0.0833. The first-order valence-corrected chi connectivity index (χ1v) is 10.5. The number of aryl methyl sites for hydroxylation is 1. The third kappa shape index (κ3) is 4.33. The Morgan fingerprint density at radius 1 is 1.12 bits per heavy atom. The highest BCUT2D eigenvalue weighted by atomic mass is 35.5. The van der Waals surface area contributed by atoms with E-state index < -0.39 is 0 Å². The van der Waals surface area contributed by atoms with Gasteiger partial charge in [-0.15, -0.1) is 0 Å². The summed E-state index contributed by atoms with van der Waals surface area (Å²) < 4.78 is 16.4. The minimum Gasteiger partial charge on any atom is -0.304 e. The van der Waals surface area contributed by atoms with Crippen molar-refractivity contribution >= 4 is 34.2 Å². The van der Waals surface area contributed by atoms with Gasteiger partial charge in [-0.2, -0.15) is 10.2 Å². The number of benzene rings is 2. The summed E-state index contributed by atoms with van der Waals surface area (Å²) in [6.45, 7) is 0.388. The Labute approximate surface area is 193 Å². The van der Waals surface area contributed by atoms with Gasteiger partial charge in [-0.3, -0.25) is 14.2 Å². The molecule has 5 rings (SSSR count). The number of carbonyl (C=O) groups is 1. The van der Waals surface area contributed by atoms with Crippen molar-refractivity contribution in [2.75, 3.05) is 5.32 Å². The number of hydrogen-bond acceptors (Lipinski definition) is 4. The van der Waals surface area contributed by atoms with Crippen LogP contribution >= 0.6 is 11.6 Å². The molecule has 0 aliphatic rings. The summed E-state index contributed by atoms with van der Waals surface area (Å²) in [4.78, 5) is 17.9. The normalized spacial score (nSPS) is 11.1. The number of pyridine rings is 1. The van der Waals surface area contributed by atoms with E-state index in [1.807, 2.05) is 37.5 Å². The molecular weight excluding hydrogens is 443 g/mol. The number of fused-ring (bicyclic) bond motifs is 1. The lowest BCUT2D eigenvalue weighted by Gasteiger charge is -2.09. The minimum absolute atomic E-state index is 0.243. The van der Waals surface area contributed by atoms with Crippen LogP contribution in [0.3, 0.4) is 0 Å². The highest BCUT2D eigenvalue weighted by Crippen LogP contribution is 2.27. The summed E-state index contributed by atoms with van der Waals surface area (Å²) >= 11 is 6.33. The van der Waals surface area contributed by atoms with Crippen molar-refractivity contribution in [2.45, 2.75) is 6.54 Å². The fourth-order valence-corrected chi connectivity index (χ4v) is 3.78. The van der Waals surface area contributed by atoms with Crippen molar-refractivity contribution in [3.05, 3.63) is 95.2 Å². The summed E-state index contributed by atoms with van der Waals surface area (Å²) in [5.74, 6) is -0.416. The summed E-state index contributed by atoms with van der Waals surface area (Å²) in [7, 11) is 1.82. The van der Waals surface area contributed by atoms with Crippen LogP contribution in [0.4, 0.5) is 10.2 Å². The Bertz CT molecular complexity index is 1470. The van der Waals surface area contributed by atoms with E-state index in [0.29, 0.717) is 33.7 Å². The number of nitrogens with zero attached hydrogens (tertiary/aromatic N) is 5. The molecule has 9 heteroatoms. The van der Waals surface area contributed by atoms with Gasteiger partial charge in [-0.25, -0.2) is 9.37 Å². The standard InChI is InChI=1S/C24H18ClFN6O/c1-31-13-16(11-27-31)22-10-19(18-4-2-3-5-21(18)28-22)24(33)29-23-20(25)14-32(30-23)12-15-6-8-17(26)9-7-15/h2-11,13-14H,12H2,1H3,(H,29,30,33). The quantitative estimate of drug-likeness (QED) is 0.403. The first-order chi connectivity index (χ1) is 16.0. The Morgan fingerprint density at radius 3 is 2.67 bits per heavy atom. The number of hydrogen-bond donors (Lipinski definition) is 1. The van der Waals surface area contributed by atoms with Crippen LogP contribution in [0.25, 0.3) is 22.2 Å². The lowest BCUT2D eigenvalue weighted by atomic mass is 10.0. The van der Waals surface area contributed by atoms with E-state index in [1.165, 1.54) is 12.1 Å². The smallest absolute Gasteiger partial charge is 0.257 e. The summed E-state index contributed by atoms with van der Waals surface area (Å²) in [5.41, 5.74) is 3.44. The topological polar surface area (TPSA) is 77.6 Å². The average molecular weight is 461 g/mol. The summed E-state index contributed by atoms with van der Waals surface area (Å²) in [6.07, 6.45) is 5.16. The second kappa shape index (κ2) is 8.48. The van der Waals surface area contributed by atoms with Crippen LogP contribution in [0.15, 0.2) is 73.2 Å². The molecule has 2 aromatic carbocycles. The van der Waals surface area contributed by atoms with Gasteiger partial charge >= 0.3 is 0 Å². The van der Waals surface area contributed by atoms with Crippen LogP contribution in [-0.4, -0.2) is 30.5 Å². The Balaban J connectivity index is 1.46. The molecule has 0 spiro atoms. The summed E-state index contributed by atoms with van der Waals surface area (Å²) in [5, 5.41) is 12.4. The van der Waals surface area contributed by atoms with Gasteiger partial charge in [0, 0.05) is 30.4 Å². The Hall–Kier alpha value is -4.04. The van der Waals surface area contributed by atoms with Crippen molar-refractivity contribution < 1.29 is 9.18 Å². The number of anilines is 1. The SMILES string of the molecule is Cn1cc(-c2cc(C(=O)Nc3nn(Cc4ccc(F)cc4)cc3Cl)c3ccccc3n2)cn1. The molecule has 0 atom stereocenters. The number of nitrogens with one attached hydrogen (secondary N) is 1. The van der Waals surface area contributed by atoms with E-state index in [1.54, 1.807) is 40.0 Å². The Kier molecular flexibility index (Phi) is 5.35. The Morgan fingerprint density at radius 2 is 1.91 bits per heavy atom. The molecule has 1 amide bonds. The van der Waals surface area contributed by atoms with Crippen molar-refractivity contribution in [3.63, 3.8) is 0 Å². The maximum absolute atomic E-state index is 13.3. The number of para-hydroxylation sites is 1. The van der Waals surface area contributed by atoms with Crippen LogP contribution in [0, 0.1) is 5.82 Å². The van der Waals surface area contributed by atoms with Crippen molar-refractivity contribution in [3.8, 4) is 11.3 Å². The molecule has 164 valence electrons. The van der Waals surface area contributed by atoms with E-state index in [-0.39, 0.29) is 17.5 Å². The molecule has 7 nitrogen and oxygen atoms in total. The van der Waals surface area contributed by atoms with E-state index in [2.05, 4.69) is 20.5 Å². The number of amides is 1. The third-order valence-electron chi connectivity index (χ3n) is 5.17. The zero-order chi connectivity index (χ0) is 22.9. The molecule has 0 saturated carbocycles. The van der Waals surface area contributed by atoms with Crippen LogP contribution in [-0.2, 0) is 13.6 Å². The molecule has 0 bridgehead atoms. The highest BCUT2D eigenvalue weighted by Gasteiger charge is 2.17. The van der Waals surface area contributed by atoms with Gasteiger partial charge in [0.2, 0.25) is 0 Å². The van der Waals surface area contributed by atoms with E-state index in [4.69, 9.17) is 11.6 Å². The first-order valence-electron chi connectivity index (χ1n) is 10.1. The van der Waals surface area contributed by atoms with Gasteiger partial charge in [0.1, 0.15) is 10.8 Å². The molecule has 5 aromatic rings. The molecule has 0 saturated heterocycles. The molecule has 33 heavy (non-hydrogen) atoms. The second-order valence-corrected chi connectivity index (χ2v) is 7.99. The largest absolute Gasteiger partial charge is 0.304 e. The fourth-order valence-electron chi connectivity index (χ4n) is 3.58. The number of carbonyl (C=O) groups excluding carboxylic acids is 1. The van der Waals surface area contributed by atoms with Crippen LogP contribution in [0.1, 0.15) is 15.9 Å². The molecule has 0 radical (unpaired) electrons. The molecule has 0 aliphatic heterocycles. The third-order valence-corrected chi connectivity index (χ3v) is 5.44. The molecule has 0 fully saturated rings. The predicted molar refractivity (Wildman–Crippen MR) is 125 cm³/mol. The van der Waals surface area contributed by atoms with E-state index >= 15 is 0 Å². The maximum Gasteiger partial charge on any atom is 0.257 e. The van der Waals surface area contributed by atoms with Crippen molar-refractivity contribution in [1.82, 2.24) is 24.5 Å². The van der Waals surface area contributed by atoms with Gasteiger partial charge in [-0.05, 0) is 29.8 Å². The number of rotatable bonds is 5. The van der Waals surface area contributed by atoms with Crippen LogP contribution in [0.2, 0.25) is 5.02 Å². The zero-order valence-corrected chi connectivity index (χ0v) is 18.3. The van der Waals surface area contributed by atoms with Gasteiger partial charge in [-0.1, -0.05) is 41.9 Å². The molecule has 0 aliphatic carbocycles. The molecule has 3 heterocycles. The van der Waals surface area contributed by atoms with Crippen LogP contribution < -0.4 is 5.32 Å². The van der Waals surface area contributed by atoms with Gasteiger partial charge in [0.05, 0.1) is 29.5 Å². The predicted octanol–water partition coefficient (Wildman–Crippen LogP) is 4.92. The molecular formula is C24H18ClFN6O. The van der Waals surface area contributed by atoms with Gasteiger partial charge in [0.25, 0.3) is 5.91 Å². The van der Waals surface area contributed by atoms with E-state index in [9.17, 15) is 9.18 Å². The minimum atomic E-state index is -0.354. The van der Waals surface area contributed by atoms with Crippen molar-refractivity contribution in [1.29, 1.82) is 0 Å². The van der Waals surface area contributed by atoms with Crippen LogP contribution in [0.5, 0.6) is 0 Å². The van der Waals surface area contributed by atoms with E-state index in [0.717, 1.165) is 11.1 Å². The second-order valence-electron chi connectivity index (χ2n) is 7.58. The molecule has 1 N–H and O–H groups in total. The van der Waals surface area contributed by atoms with Gasteiger partial charge < -0.3 is 5.32 Å². The maximum atomic E-state index is 13.3. The summed E-state index contributed by atoms with van der Waals surface area (Å²) in [6, 6.07) is 15.3. The molecule has 0 unspecified atom stereocenters. The monoisotopic (exact) mass is 460 g/mol. The number of halogens is 2.